The van der Waals surface area contributed by atoms with Crippen molar-refractivity contribution in [1.29, 1.82) is 0 Å². The van der Waals surface area contributed by atoms with Gasteiger partial charge in [-0.15, -0.1) is 0 Å². The molecule has 6 N–H and O–H groups in total. The number of nitrogens with one attached hydrogen (secondary N) is 2. The molecule has 0 saturated carbocycles. The predicted octanol–water partition coefficient (Wildman–Crippen LogP) is -3.28. The van der Waals surface area contributed by atoms with E-state index in [1.54, 1.807) is 0 Å². The number of carbonyl (C=O) groups excluding carboxylic acids is 1. The van der Waals surface area contributed by atoms with Gasteiger partial charge in [0, 0.05) is 7.05 Å². The Morgan fingerprint density at radius 3 is 2.38 bits per heavy atom. The van der Waals surface area contributed by atoms with E-state index < -0.39 is 43.3 Å². The number of ether oxygens (including phenoxy) is 1. The number of urea groups is 1. The minimum atomic E-state index is -1.49. The number of hydrogen-bond acceptors (Lipinski definition) is 6. The number of carbonyl (C=O) groups is 1. The first-order valence-electron chi connectivity index (χ1n) is 4.80. The van der Waals surface area contributed by atoms with Gasteiger partial charge in [-0.05, 0) is 0 Å². The molecule has 94 valence electrons. The molecule has 5 atom stereocenters. The van der Waals surface area contributed by atoms with Crippen molar-refractivity contribution in [1.82, 2.24) is 10.6 Å². The number of aliphatic hydroxyl groups excluding tert-OH is 4. The van der Waals surface area contributed by atoms with Gasteiger partial charge in [-0.1, -0.05) is 0 Å². The average molecular weight is 236 g/mol. The van der Waals surface area contributed by atoms with Crippen LogP contribution < -0.4 is 10.6 Å². The zero-order valence-electron chi connectivity index (χ0n) is 8.70. The van der Waals surface area contributed by atoms with Crippen LogP contribution >= 0.6 is 0 Å². The van der Waals surface area contributed by atoms with Crippen LogP contribution in [0.4, 0.5) is 4.79 Å². The van der Waals surface area contributed by atoms with Crippen molar-refractivity contribution in [2.24, 2.45) is 0 Å². The van der Waals surface area contributed by atoms with E-state index in [9.17, 15) is 20.1 Å². The van der Waals surface area contributed by atoms with Crippen LogP contribution in [-0.2, 0) is 4.74 Å². The third kappa shape index (κ3) is 2.60. The highest BCUT2D eigenvalue weighted by molar-refractivity contribution is 5.73. The average Bonchev–Trinajstić information content (AvgIpc) is 2.29. The lowest BCUT2D eigenvalue weighted by Gasteiger charge is -2.39. The summed E-state index contributed by atoms with van der Waals surface area (Å²) in [6.07, 6.45) is -6.60. The second-order valence-electron chi connectivity index (χ2n) is 3.47. The maximum absolute atomic E-state index is 11.0. The Bertz CT molecular complexity index is 249. The topological polar surface area (TPSA) is 131 Å². The van der Waals surface area contributed by atoms with E-state index in [2.05, 4.69) is 10.6 Å². The molecule has 1 rings (SSSR count). The fraction of sp³-hybridized carbons (Fsp3) is 0.875. The van der Waals surface area contributed by atoms with E-state index in [0.717, 1.165) is 0 Å². The van der Waals surface area contributed by atoms with Gasteiger partial charge in [0.2, 0.25) is 0 Å². The van der Waals surface area contributed by atoms with Gasteiger partial charge in [-0.3, -0.25) is 0 Å². The van der Waals surface area contributed by atoms with Gasteiger partial charge < -0.3 is 35.8 Å². The minimum Gasteiger partial charge on any atom is -0.394 e. The Balaban J connectivity index is 2.67. The largest absolute Gasteiger partial charge is 0.394 e. The maximum atomic E-state index is 11.0. The highest BCUT2D eigenvalue weighted by Gasteiger charge is 2.43. The van der Waals surface area contributed by atoms with Crippen LogP contribution in [0.5, 0.6) is 0 Å². The molecule has 1 aliphatic rings. The molecule has 0 aromatic rings. The number of amides is 2. The first-order valence-corrected chi connectivity index (χ1v) is 4.80. The van der Waals surface area contributed by atoms with Gasteiger partial charge >= 0.3 is 6.03 Å². The summed E-state index contributed by atoms with van der Waals surface area (Å²) < 4.78 is 5.02. The lowest BCUT2D eigenvalue weighted by atomic mass is 9.98. The first-order chi connectivity index (χ1) is 7.51. The molecule has 0 radical (unpaired) electrons. The molecule has 0 aliphatic carbocycles. The van der Waals surface area contributed by atoms with Gasteiger partial charge in [-0.2, -0.15) is 0 Å². The van der Waals surface area contributed by atoms with Gasteiger partial charge in [0.15, 0.2) is 6.23 Å². The Labute approximate surface area is 91.8 Å². The van der Waals surface area contributed by atoms with E-state index in [1.807, 2.05) is 0 Å². The van der Waals surface area contributed by atoms with Crippen LogP contribution in [-0.4, -0.2) is 70.8 Å². The SMILES string of the molecule is CNC(=O)N[C@@H]1O[C@H](CO)[C@H](O)[C@H](O)[C@@H]1O. The normalized spacial score (nSPS) is 39.2. The summed E-state index contributed by atoms with van der Waals surface area (Å²) in [5, 5.41) is 41.7. The summed E-state index contributed by atoms with van der Waals surface area (Å²) in [6.45, 7) is -0.531. The zero-order valence-corrected chi connectivity index (χ0v) is 8.70. The zero-order chi connectivity index (χ0) is 12.3. The fourth-order valence-corrected chi connectivity index (χ4v) is 1.42. The van der Waals surface area contributed by atoms with E-state index >= 15 is 0 Å². The van der Waals surface area contributed by atoms with Gasteiger partial charge in [0.05, 0.1) is 6.61 Å². The molecule has 16 heavy (non-hydrogen) atoms. The third-order valence-corrected chi connectivity index (χ3v) is 2.39. The number of aliphatic hydroxyl groups is 4. The molecular formula is C8H16N2O6. The highest BCUT2D eigenvalue weighted by atomic mass is 16.6. The van der Waals surface area contributed by atoms with E-state index in [4.69, 9.17) is 9.84 Å². The summed E-state index contributed by atoms with van der Waals surface area (Å²) in [5.41, 5.74) is 0. The predicted molar refractivity (Wildman–Crippen MR) is 51.4 cm³/mol. The molecule has 0 spiro atoms. The Hall–Kier alpha value is -0.930. The Morgan fingerprint density at radius 2 is 1.88 bits per heavy atom. The molecule has 0 aromatic heterocycles. The molecular weight excluding hydrogens is 220 g/mol. The summed E-state index contributed by atoms with van der Waals surface area (Å²) in [5.74, 6) is 0. The Morgan fingerprint density at radius 1 is 1.25 bits per heavy atom. The minimum absolute atomic E-state index is 0.531. The van der Waals surface area contributed by atoms with Crippen molar-refractivity contribution >= 4 is 6.03 Å². The summed E-state index contributed by atoms with van der Waals surface area (Å²) >= 11 is 0. The van der Waals surface area contributed by atoms with Crippen LogP contribution in [0, 0.1) is 0 Å². The molecule has 0 bridgehead atoms. The molecule has 8 heteroatoms. The summed E-state index contributed by atoms with van der Waals surface area (Å²) in [7, 11) is 1.37. The number of hydrogen-bond donors (Lipinski definition) is 6. The van der Waals surface area contributed by atoms with Gasteiger partial charge in [0.25, 0.3) is 0 Å². The third-order valence-electron chi connectivity index (χ3n) is 2.39. The van der Waals surface area contributed by atoms with Crippen LogP contribution in [0.1, 0.15) is 0 Å². The molecule has 8 nitrogen and oxygen atoms in total. The lowest BCUT2D eigenvalue weighted by molar-refractivity contribution is -0.233. The van der Waals surface area contributed by atoms with Crippen LogP contribution in [0.3, 0.4) is 0 Å². The van der Waals surface area contributed by atoms with Crippen LogP contribution in [0.15, 0.2) is 0 Å². The molecule has 1 saturated heterocycles. The molecule has 1 aliphatic heterocycles. The van der Waals surface area contributed by atoms with Crippen molar-refractivity contribution in [3.05, 3.63) is 0 Å². The monoisotopic (exact) mass is 236 g/mol. The van der Waals surface area contributed by atoms with Gasteiger partial charge in [0.1, 0.15) is 24.4 Å². The second kappa shape index (κ2) is 5.41. The van der Waals surface area contributed by atoms with Crippen LogP contribution in [0.25, 0.3) is 0 Å². The van der Waals surface area contributed by atoms with E-state index in [1.165, 1.54) is 7.05 Å². The van der Waals surface area contributed by atoms with Crippen molar-refractivity contribution < 1.29 is 30.0 Å². The molecule has 0 aromatic carbocycles. The van der Waals surface area contributed by atoms with E-state index in [0.29, 0.717) is 0 Å². The second-order valence-corrected chi connectivity index (χ2v) is 3.47. The Kier molecular flexibility index (Phi) is 4.44. The highest BCUT2D eigenvalue weighted by Crippen LogP contribution is 2.19. The first kappa shape index (κ1) is 13.1. The molecule has 0 unspecified atom stereocenters. The smallest absolute Gasteiger partial charge is 0.316 e. The quantitative estimate of drug-likeness (QED) is 0.298. The lowest BCUT2D eigenvalue weighted by Crippen LogP contribution is -2.63. The fourth-order valence-electron chi connectivity index (χ4n) is 1.42. The summed E-state index contributed by atoms with van der Waals surface area (Å²) in [6, 6.07) is -0.607. The molecule has 1 heterocycles. The van der Waals surface area contributed by atoms with Crippen molar-refractivity contribution in [2.45, 2.75) is 30.6 Å². The van der Waals surface area contributed by atoms with E-state index in [-0.39, 0.29) is 0 Å². The van der Waals surface area contributed by atoms with Gasteiger partial charge in [-0.25, -0.2) is 4.79 Å². The summed E-state index contributed by atoms with van der Waals surface area (Å²) in [4.78, 5) is 11.0. The molecule has 2 amide bonds. The van der Waals surface area contributed by atoms with Crippen molar-refractivity contribution in [3.63, 3.8) is 0 Å². The number of rotatable bonds is 2. The van der Waals surface area contributed by atoms with Crippen molar-refractivity contribution in [3.8, 4) is 0 Å². The molecule has 1 fully saturated rings. The van der Waals surface area contributed by atoms with Crippen molar-refractivity contribution in [2.75, 3.05) is 13.7 Å². The van der Waals surface area contributed by atoms with Crippen LogP contribution in [0.2, 0.25) is 0 Å². The maximum Gasteiger partial charge on any atom is 0.316 e. The standard InChI is InChI=1S/C8H16N2O6/c1-9-8(15)10-7-6(14)5(13)4(12)3(2-11)16-7/h3-7,11-14H,2H2,1H3,(H2,9,10,15)/t3-,4+,5+,6+,7-/m1/s1.